The molecule has 0 N–H and O–H groups in total. The summed E-state index contributed by atoms with van der Waals surface area (Å²) in [5.41, 5.74) is 1.22. The predicted octanol–water partition coefficient (Wildman–Crippen LogP) is 3.62. The molecule has 0 saturated carbocycles. The van der Waals surface area contributed by atoms with Gasteiger partial charge in [-0.15, -0.1) is 11.3 Å². The van der Waals surface area contributed by atoms with Crippen molar-refractivity contribution in [3.05, 3.63) is 83.2 Å². The molecule has 1 aliphatic heterocycles. The first-order valence-electron chi connectivity index (χ1n) is 10.4. The van der Waals surface area contributed by atoms with Gasteiger partial charge in [0.1, 0.15) is 10.3 Å². The van der Waals surface area contributed by atoms with Crippen molar-refractivity contribution in [1.29, 1.82) is 0 Å². The lowest BCUT2D eigenvalue weighted by Crippen LogP contribution is -2.46. The molecule has 2 aromatic carbocycles. The van der Waals surface area contributed by atoms with Gasteiger partial charge in [-0.05, 0) is 48.2 Å². The van der Waals surface area contributed by atoms with E-state index in [9.17, 15) is 22.8 Å². The molecule has 1 aromatic heterocycles. The Bertz CT molecular complexity index is 1310. The van der Waals surface area contributed by atoms with E-state index in [1.807, 2.05) is 6.07 Å². The van der Waals surface area contributed by atoms with Gasteiger partial charge in [-0.25, -0.2) is 18.1 Å². The standard InChI is InChI=1S/C24H22N2O6S2/c1-16(17-7-4-3-5-8-17)26(34(30,31)22-9-6-14-33-22)20-15-21(27)25(23(20)28)19-12-10-18(11-13-19)24(29)32-2/h3-14,16,20H,15H2,1-2H3. The van der Waals surface area contributed by atoms with Crippen LogP contribution in [0.1, 0.15) is 35.3 Å². The first kappa shape index (κ1) is 23.8. The third kappa shape index (κ3) is 4.27. The fourth-order valence-electron chi connectivity index (χ4n) is 3.99. The summed E-state index contributed by atoms with van der Waals surface area (Å²) in [6, 6.07) is 16.0. The molecule has 3 aromatic rings. The number of anilines is 1. The van der Waals surface area contributed by atoms with Crippen LogP contribution in [0.3, 0.4) is 0 Å². The van der Waals surface area contributed by atoms with Crippen molar-refractivity contribution in [3.8, 4) is 0 Å². The summed E-state index contributed by atoms with van der Waals surface area (Å²) in [6.45, 7) is 1.70. The van der Waals surface area contributed by atoms with E-state index in [0.717, 1.165) is 20.5 Å². The quantitative estimate of drug-likeness (QED) is 0.364. The molecule has 0 bridgehead atoms. The van der Waals surface area contributed by atoms with Gasteiger partial charge in [0.05, 0.1) is 24.8 Å². The van der Waals surface area contributed by atoms with E-state index in [1.165, 1.54) is 37.4 Å². The second-order valence-corrected chi connectivity index (χ2v) is 10.7. The van der Waals surface area contributed by atoms with E-state index in [4.69, 9.17) is 0 Å². The van der Waals surface area contributed by atoms with E-state index < -0.39 is 39.9 Å². The van der Waals surface area contributed by atoms with E-state index in [2.05, 4.69) is 4.74 Å². The molecule has 8 nitrogen and oxygen atoms in total. The van der Waals surface area contributed by atoms with Gasteiger partial charge in [-0.2, -0.15) is 4.31 Å². The van der Waals surface area contributed by atoms with Crippen LogP contribution in [0.25, 0.3) is 0 Å². The van der Waals surface area contributed by atoms with Gasteiger partial charge in [-0.1, -0.05) is 36.4 Å². The number of hydrogen-bond acceptors (Lipinski definition) is 7. The number of carbonyl (C=O) groups excluding carboxylic acids is 3. The lowest BCUT2D eigenvalue weighted by atomic mass is 10.1. The average Bonchev–Trinajstić information content (AvgIpc) is 3.48. The van der Waals surface area contributed by atoms with E-state index >= 15 is 0 Å². The SMILES string of the molecule is COC(=O)c1ccc(N2C(=O)CC(N(C(C)c3ccccc3)S(=O)(=O)c3cccs3)C2=O)cc1. The molecule has 2 unspecified atom stereocenters. The first-order chi connectivity index (χ1) is 16.3. The highest BCUT2D eigenvalue weighted by Crippen LogP contribution is 2.36. The van der Waals surface area contributed by atoms with Gasteiger partial charge in [0.2, 0.25) is 5.91 Å². The van der Waals surface area contributed by atoms with E-state index in [0.29, 0.717) is 5.56 Å². The summed E-state index contributed by atoms with van der Waals surface area (Å²) in [7, 11) is -2.83. The average molecular weight is 499 g/mol. The Balaban J connectivity index is 1.73. The predicted molar refractivity (Wildman–Crippen MR) is 127 cm³/mol. The molecule has 34 heavy (non-hydrogen) atoms. The Kier molecular flexibility index (Phi) is 6.65. The zero-order valence-corrected chi connectivity index (χ0v) is 20.1. The molecule has 2 amide bonds. The highest BCUT2D eigenvalue weighted by atomic mass is 32.2. The van der Waals surface area contributed by atoms with Crippen molar-refractivity contribution in [3.63, 3.8) is 0 Å². The van der Waals surface area contributed by atoms with Crippen LogP contribution in [0.15, 0.2) is 76.3 Å². The van der Waals surface area contributed by atoms with Gasteiger partial charge in [0.25, 0.3) is 15.9 Å². The van der Waals surface area contributed by atoms with Crippen molar-refractivity contribution in [2.75, 3.05) is 12.0 Å². The Morgan fingerprint density at radius 3 is 2.32 bits per heavy atom. The number of thiophene rings is 1. The summed E-state index contributed by atoms with van der Waals surface area (Å²) in [5, 5.41) is 1.65. The van der Waals surface area contributed by atoms with Crippen molar-refractivity contribution in [1.82, 2.24) is 4.31 Å². The minimum absolute atomic E-state index is 0.0939. The molecule has 0 radical (unpaired) electrons. The second kappa shape index (κ2) is 9.49. The number of hydrogen-bond donors (Lipinski definition) is 0. The fraction of sp³-hybridized carbons (Fsp3) is 0.208. The number of rotatable bonds is 7. The molecule has 0 spiro atoms. The van der Waals surface area contributed by atoms with Crippen LogP contribution in [-0.4, -0.2) is 43.7 Å². The van der Waals surface area contributed by atoms with Crippen LogP contribution in [0.2, 0.25) is 0 Å². The third-order valence-electron chi connectivity index (χ3n) is 5.67. The van der Waals surface area contributed by atoms with Gasteiger partial charge >= 0.3 is 5.97 Å². The maximum atomic E-state index is 13.6. The van der Waals surface area contributed by atoms with Crippen LogP contribution in [0.5, 0.6) is 0 Å². The zero-order valence-electron chi connectivity index (χ0n) is 18.5. The minimum atomic E-state index is -4.08. The molecule has 1 aliphatic rings. The maximum absolute atomic E-state index is 13.6. The zero-order chi connectivity index (χ0) is 24.5. The van der Waals surface area contributed by atoms with E-state index in [-0.39, 0.29) is 21.9 Å². The molecule has 2 heterocycles. The van der Waals surface area contributed by atoms with Crippen molar-refractivity contribution in [2.24, 2.45) is 0 Å². The summed E-state index contributed by atoms with van der Waals surface area (Å²) in [4.78, 5) is 39.1. The number of nitrogens with zero attached hydrogens (tertiary/aromatic N) is 2. The van der Waals surface area contributed by atoms with Gasteiger partial charge in [0.15, 0.2) is 0 Å². The summed E-state index contributed by atoms with van der Waals surface area (Å²) in [5.74, 6) is -1.71. The second-order valence-electron chi connectivity index (χ2n) is 7.68. The molecule has 1 saturated heterocycles. The third-order valence-corrected chi connectivity index (χ3v) is 9.02. The molecule has 4 rings (SSSR count). The molecular weight excluding hydrogens is 476 g/mol. The molecule has 2 atom stereocenters. The van der Waals surface area contributed by atoms with Crippen molar-refractivity contribution < 1.29 is 27.5 Å². The molecule has 176 valence electrons. The number of esters is 1. The van der Waals surface area contributed by atoms with Crippen LogP contribution < -0.4 is 4.90 Å². The Morgan fingerprint density at radius 1 is 1.06 bits per heavy atom. The topological polar surface area (TPSA) is 101 Å². The fourth-order valence-corrected chi connectivity index (χ4v) is 6.84. The Morgan fingerprint density at radius 2 is 1.74 bits per heavy atom. The summed E-state index contributed by atoms with van der Waals surface area (Å²) in [6.07, 6.45) is -0.292. The summed E-state index contributed by atoms with van der Waals surface area (Å²) >= 11 is 1.05. The maximum Gasteiger partial charge on any atom is 0.337 e. The Labute approximate surface area is 201 Å². The number of methoxy groups -OCH3 is 1. The lowest BCUT2D eigenvalue weighted by molar-refractivity contribution is -0.122. The molecule has 0 aliphatic carbocycles. The summed E-state index contributed by atoms with van der Waals surface area (Å²) < 4.78 is 33.2. The van der Waals surface area contributed by atoms with E-state index in [1.54, 1.807) is 42.6 Å². The van der Waals surface area contributed by atoms with Crippen LogP contribution in [0.4, 0.5) is 5.69 Å². The molecule has 1 fully saturated rings. The van der Waals surface area contributed by atoms with Crippen LogP contribution in [-0.2, 0) is 24.3 Å². The first-order valence-corrected chi connectivity index (χ1v) is 12.7. The number of imide groups is 1. The van der Waals surface area contributed by atoms with Gasteiger partial charge in [-0.3, -0.25) is 9.59 Å². The monoisotopic (exact) mass is 498 g/mol. The highest BCUT2D eigenvalue weighted by molar-refractivity contribution is 7.91. The number of carbonyl (C=O) groups is 3. The Hall–Kier alpha value is -3.34. The van der Waals surface area contributed by atoms with Crippen LogP contribution in [0, 0.1) is 0 Å². The normalized spacial score (nSPS) is 17.3. The van der Waals surface area contributed by atoms with Crippen LogP contribution >= 0.6 is 11.3 Å². The highest BCUT2D eigenvalue weighted by Gasteiger charge is 2.49. The van der Waals surface area contributed by atoms with Gasteiger partial charge in [0, 0.05) is 6.04 Å². The number of amides is 2. The molecule has 10 heteroatoms. The lowest BCUT2D eigenvalue weighted by Gasteiger charge is -2.32. The number of ether oxygens (including phenoxy) is 1. The molecular formula is C24H22N2O6S2. The van der Waals surface area contributed by atoms with Gasteiger partial charge < -0.3 is 4.74 Å². The minimum Gasteiger partial charge on any atom is -0.465 e. The number of sulfonamides is 1. The van der Waals surface area contributed by atoms with Crippen molar-refractivity contribution in [2.45, 2.75) is 29.6 Å². The smallest absolute Gasteiger partial charge is 0.337 e. The largest absolute Gasteiger partial charge is 0.465 e. The van der Waals surface area contributed by atoms with Crippen molar-refractivity contribution >= 4 is 44.8 Å². The number of benzene rings is 2.